The highest BCUT2D eigenvalue weighted by Gasteiger charge is 2.24. The normalized spacial score (nSPS) is 13.0. The van der Waals surface area contributed by atoms with E-state index in [1.54, 1.807) is 4.90 Å². The summed E-state index contributed by atoms with van der Waals surface area (Å²) in [6.45, 7) is 10.2. The zero-order chi connectivity index (χ0) is 23.7. The number of unbranched alkanes of at least 4 members (excludes halogenated alkanes) is 1. The van der Waals surface area contributed by atoms with Gasteiger partial charge in [-0.3, -0.25) is 9.59 Å². The quantitative estimate of drug-likeness (QED) is 0.370. The van der Waals surface area contributed by atoms with Crippen LogP contribution in [0.25, 0.3) is 0 Å². The van der Waals surface area contributed by atoms with Gasteiger partial charge in [0.15, 0.2) is 5.78 Å². The number of carbonyl (C=O) groups is 2. The van der Waals surface area contributed by atoms with E-state index in [1.165, 1.54) is 11.1 Å². The van der Waals surface area contributed by atoms with Gasteiger partial charge in [-0.05, 0) is 81.9 Å². The number of anilines is 1. The molecule has 4 nitrogen and oxygen atoms in total. The minimum absolute atomic E-state index is 0.149. The van der Waals surface area contributed by atoms with Crippen molar-refractivity contribution in [3.63, 3.8) is 0 Å². The highest BCUT2D eigenvalue weighted by molar-refractivity contribution is 6.00. The predicted octanol–water partition coefficient (Wildman–Crippen LogP) is 5.77. The van der Waals surface area contributed by atoms with Gasteiger partial charge in [0.1, 0.15) is 0 Å². The summed E-state index contributed by atoms with van der Waals surface area (Å²) in [6, 6.07) is 12.6. The van der Waals surface area contributed by atoms with Crippen LogP contribution in [-0.4, -0.2) is 43.8 Å². The molecule has 1 aliphatic rings. The second kappa shape index (κ2) is 12.5. The Balaban J connectivity index is 0.00000176. The van der Waals surface area contributed by atoms with Crippen molar-refractivity contribution in [1.29, 1.82) is 0 Å². The molecule has 0 N–H and O–H groups in total. The van der Waals surface area contributed by atoms with Gasteiger partial charge < -0.3 is 9.80 Å². The molecule has 0 unspecified atom stereocenters. The number of ketones is 1. The van der Waals surface area contributed by atoms with Gasteiger partial charge in [0.25, 0.3) is 0 Å². The van der Waals surface area contributed by atoms with Crippen LogP contribution < -0.4 is 4.90 Å². The monoisotopic (exact) mass is 436 g/mol. The van der Waals surface area contributed by atoms with Crippen LogP contribution in [0.4, 0.5) is 5.69 Å². The zero-order valence-electron chi connectivity index (χ0n) is 20.8. The van der Waals surface area contributed by atoms with Gasteiger partial charge in [0.05, 0.1) is 0 Å². The standard InChI is InChI=1S/C26H34N2O2.C2H6/c1-19-8-7-9-21(16-19)13-15-27(3)14-6-5-10-24(29)23-17-20(2)26-22(18-23)11-12-25(30)28(26)4;1-2/h7-9,16-18H,5-6,10-15H2,1-4H3;1-2H3. The van der Waals surface area contributed by atoms with Gasteiger partial charge in [0.2, 0.25) is 5.91 Å². The molecular weight excluding hydrogens is 396 g/mol. The molecule has 2 aromatic rings. The lowest BCUT2D eigenvalue weighted by Crippen LogP contribution is -2.32. The maximum Gasteiger partial charge on any atom is 0.227 e. The van der Waals surface area contributed by atoms with E-state index in [0.29, 0.717) is 12.8 Å². The maximum absolute atomic E-state index is 12.7. The van der Waals surface area contributed by atoms with Crippen LogP contribution in [0.2, 0.25) is 0 Å². The maximum atomic E-state index is 12.7. The molecule has 0 saturated carbocycles. The molecule has 0 atom stereocenters. The zero-order valence-corrected chi connectivity index (χ0v) is 20.8. The number of likely N-dealkylation sites (N-methyl/N-ethyl adjacent to an activating group) is 1. The van der Waals surface area contributed by atoms with Crippen molar-refractivity contribution in [2.45, 2.75) is 66.2 Å². The summed E-state index contributed by atoms with van der Waals surface area (Å²) in [5.41, 5.74) is 6.61. The van der Waals surface area contributed by atoms with Gasteiger partial charge in [0, 0.05) is 37.7 Å². The molecule has 174 valence electrons. The second-order valence-electron chi connectivity index (χ2n) is 8.68. The number of rotatable bonds is 9. The van der Waals surface area contributed by atoms with Crippen molar-refractivity contribution >= 4 is 17.4 Å². The van der Waals surface area contributed by atoms with Crippen LogP contribution in [0.3, 0.4) is 0 Å². The fourth-order valence-electron chi connectivity index (χ4n) is 4.33. The average Bonchev–Trinajstić information content (AvgIpc) is 2.78. The summed E-state index contributed by atoms with van der Waals surface area (Å²) in [7, 11) is 3.98. The molecule has 4 heteroatoms. The van der Waals surface area contributed by atoms with Crippen LogP contribution in [-0.2, 0) is 17.6 Å². The van der Waals surface area contributed by atoms with Crippen LogP contribution in [0, 0.1) is 13.8 Å². The van der Waals surface area contributed by atoms with E-state index in [-0.39, 0.29) is 11.7 Å². The predicted molar refractivity (Wildman–Crippen MR) is 135 cm³/mol. The number of Topliss-reactive ketones (excluding diaryl/α,β-unsaturated/α-hetero) is 1. The Morgan fingerprint density at radius 1 is 1.03 bits per heavy atom. The molecule has 2 aromatic carbocycles. The molecule has 1 aliphatic heterocycles. The van der Waals surface area contributed by atoms with Gasteiger partial charge >= 0.3 is 0 Å². The molecule has 0 radical (unpaired) electrons. The highest BCUT2D eigenvalue weighted by Crippen LogP contribution is 2.31. The van der Waals surface area contributed by atoms with Crippen LogP contribution in [0.15, 0.2) is 36.4 Å². The summed E-state index contributed by atoms with van der Waals surface area (Å²) in [5.74, 6) is 0.360. The van der Waals surface area contributed by atoms with E-state index in [0.717, 1.165) is 61.2 Å². The molecule has 0 bridgehead atoms. The number of hydrogen-bond acceptors (Lipinski definition) is 3. The number of benzene rings is 2. The lowest BCUT2D eigenvalue weighted by atomic mass is 9.93. The van der Waals surface area contributed by atoms with Crippen molar-refractivity contribution in [3.8, 4) is 0 Å². The number of aryl methyl sites for hydroxylation is 3. The Morgan fingerprint density at radius 2 is 1.78 bits per heavy atom. The number of hydrogen-bond donors (Lipinski definition) is 0. The van der Waals surface area contributed by atoms with E-state index in [1.807, 2.05) is 40.0 Å². The third-order valence-corrected chi connectivity index (χ3v) is 6.08. The van der Waals surface area contributed by atoms with E-state index in [2.05, 4.69) is 43.1 Å². The SMILES string of the molecule is CC.Cc1cccc(CCN(C)CCCCC(=O)c2cc(C)c3c(c2)CCC(=O)N3C)c1. The third kappa shape index (κ3) is 7.03. The van der Waals surface area contributed by atoms with Crippen LogP contribution >= 0.6 is 0 Å². The van der Waals surface area contributed by atoms with E-state index in [4.69, 9.17) is 0 Å². The van der Waals surface area contributed by atoms with E-state index >= 15 is 0 Å². The first-order valence-corrected chi connectivity index (χ1v) is 12.0. The molecule has 3 rings (SSSR count). The largest absolute Gasteiger partial charge is 0.315 e. The molecule has 0 saturated heterocycles. The van der Waals surface area contributed by atoms with Gasteiger partial charge in [-0.25, -0.2) is 0 Å². The lowest BCUT2D eigenvalue weighted by molar-refractivity contribution is -0.118. The van der Waals surface area contributed by atoms with Crippen molar-refractivity contribution in [2.75, 3.05) is 32.1 Å². The topological polar surface area (TPSA) is 40.6 Å². The van der Waals surface area contributed by atoms with Crippen LogP contribution in [0.1, 0.15) is 72.1 Å². The van der Waals surface area contributed by atoms with Crippen LogP contribution in [0.5, 0.6) is 0 Å². The molecule has 1 amide bonds. The number of nitrogens with zero attached hydrogens (tertiary/aromatic N) is 2. The first-order valence-electron chi connectivity index (χ1n) is 12.0. The Kier molecular flexibility index (Phi) is 10.1. The highest BCUT2D eigenvalue weighted by atomic mass is 16.2. The third-order valence-electron chi connectivity index (χ3n) is 6.08. The average molecular weight is 437 g/mol. The fraction of sp³-hybridized carbons (Fsp3) is 0.500. The number of fused-ring (bicyclic) bond motifs is 1. The molecule has 0 aromatic heterocycles. The molecule has 0 spiro atoms. The lowest BCUT2D eigenvalue weighted by Gasteiger charge is -2.28. The van der Waals surface area contributed by atoms with Gasteiger partial charge in [-0.1, -0.05) is 43.7 Å². The fourth-order valence-corrected chi connectivity index (χ4v) is 4.33. The molecule has 0 aliphatic carbocycles. The first-order chi connectivity index (χ1) is 15.3. The molecule has 1 heterocycles. The van der Waals surface area contributed by atoms with E-state index in [9.17, 15) is 9.59 Å². The summed E-state index contributed by atoms with van der Waals surface area (Å²) in [6.07, 6.45) is 4.82. The molecular formula is C28H40N2O2. The smallest absolute Gasteiger partial charge is 0.227 e. The van der Waals surface area contributed by atoms with Gasteiger partial charge in [-0.2, -0.15) is 0 Å². The summed E-state index contributed by atoms with van der Waals surface area (Å²) in [5, 5.41) is 0. The first kappa shape index (κ1) is 25.8. The Morgan fingerprint density at radius 3 is 2.50 bits per heavy atom. The summed E-state index contributed by atoms with van der Waals surface area (Å²) >= 11 is 0. The minimum atomic E-state index is 0.149. The number of carbonyl (C=O) groups excluding carboxylic acids is 2. The van der Waals surface area contributed by atoms with E-state index < -0.39 is 0 Å². The Bertz CT molecular complexity index is 920. The molecule has 32 heavy (non-hydrogen) atoms. The summed E-state index contributed by atoms with van der Waals surface area (Å²) in [4.78, 5) is 28.8. The number of amides is 1. The minimum Gasteiger partial charge on any atom is -0.315 e. The van der Waals surface area contributed by atoms with Crippen molar-refractivity contribution in [3.05, 3.63) is 64.2 Å². The van der Waals surface area contributed by atoms with Crippen molar-refractivity contribution < 1.29 is 9.59 Å². The summed E-state index contributed by atoms with van der Waals surface area (Å²) < 4.78 is 0. The second-order valence-corrected chi connectivity index (χ2v) is 8.68. The van der Waals surface area contributed by atoms with Gasteiger partial charge in [-0.15, -0.1) is 0 Å². The Hall–Kier alpha value is -2.46. The van der Waals surface area contributed by atoms with Crippen molar-refractivity contribution in [1.82, 2.24) is 4.90 Å². The Labute approximate surface area is 194 Å². The molecule has 0 fully saturated rings. The van der Waals surface area contributed by atoms with Crippen molar-refractivity contribution in [2.24, 2.45) is 0 Å².